The quantitative estimate of drug-likeness (QED) is 0.394. The van der Waals surface area contributed by atoms with Crippen LogP contribution in [0.15, 0.2) is 60.7 Å². The number of alkyl halides is 3. The predicted molar refractivity (Wildman–Crippen MR) is 99.9 cm³/mol. The molecule has 9 heteroatoms. The number of anilines is 2. The molecule has 0 aliphatic carbocycles. The second kappa shape index (κ2) is 7.40. The van der Waals surface area contributed by atoms with Gasteiger partial charge in [-0.2, -0.15) is 18.3 Å². The Kier molecular flexibility index (Phi) is 4.89. The number of halogens is 6. The van der Waals surface area contributed by atoms with Gasteiger partial charge in [-0.3, -0.25) is 0 Å². The maximum Gasteiger partial charge on any atom is 0.418 e. The van der Waals surface area contributed by atoms with Gasteiger partial charge in [-0.15, -0.1) is 0 Å². The summed E-state index contributed by atoms with van der Waals surface area (Å²) in [7, 11) is 0. The lowest BCUT2D eigenvalue weighted by atomic mass is 10.1. The number of rotatable bonds is 4. The van der Waals surface area contributed by atoms with E-state index in [2.05, 4.69) is 10.4 Å². The molecule has 0 saturated heterocycles. The molecule has 1 heterocycles. The summed E-state index contributed by atoms with van der Waals surface area (Å²) in [6, 6.07) is 13.1. The van der Waals surface area contributed by atoms with E-state index in [-0.39, 0.29) is 16.7 Å². The van der Waals surface area contributed by atoms with Crippen LogP contribution in [0.4, 0.5) is 37.8 Å². The Bertz CT molecular complexity index is 1190. The Labute approximate surface area is 166 Å². The van der Waals surface area contributed by atoms with Crippen molar-refractivity contribution in [1.29, 1.82) is 0 Å². The van der Waals surface area contributed by atoms with Crippen LogP contribution < -0.4 is 5.32 Å². The van der Waals surface area contributed by atoms with Crippen molar-refractivity contribution in [2.24, 2.45) is 0 Å². The topological polar surface area (TPSA) is 29.9 Å². The van der Waals surface area contributed by atoms with Gasteiger partial charge in [-0.05, 0) is 24.3 Å². The van der Waals surface area contributed by atoms with Gasteiger partial charge in [0.1, 0.15) is 28.8 Å². The molecule has 3 aromatic carbocycles. The number of hydrogen-bond donors (Lipinski definition) is 1. The molecule has 0 bridgehead atoms. The van der Waals surface area contributed by atoms with Crippen LogP contribution in [0.5, 0.6) is 0 Å². The molecule has 0 fully saturated rings. The molecular weight excluding hydrogens is 408 g/mol. The summed E-state index contributed by atoms with van der Waals surface area (Å²) in [5.74, 6) is -3.30. The summed E-state index contributed by atoms with van der Waals surface area (Å²) in [6.07, 6.45) is -4.67. The van der Waals surface area contributed by atoms with E-state index in [4.69, 9.17) is 0 Å². The van der Waals surface area contributed by atoms with Crippen molar-refractivity contribution in [3.63, 3.8) is 0 Å². The first kappa shape index (κ1) is 19.8. The monoisotopic (exact) mass is 421 g/mol. The van der Waals surface area contributed by atoms with E-state index in [9.17, 15) is 26.3 Å². The lowest BCUT2D eigenvalue weighted by molar-refractivity contribution is -0.136. The van der Waals surface area contributed by atoms with Crippen LogP contribution in [-0.2, 0) is 12.7 Å². The number of fused-ring (bicyclic) bond motifs is 1. The van der Waals surface area contributed by atoms with Crippen LogP contribution in [-0.4, -0.2) is 9.78 Å². The van der Waals surface area contributed by atoms with E-state index in [1.807, 2.05) is 0 Å². The molecule has 0 amide bonds. The third-order valence-corrected chi connectivity index (χ3v) is 4.53. The fourth-order valence-electron chi connectivity index (χ4n) is 3.16. The molecule has 0 atom stereocenters. The van der Waals surface area contributed by atoms with Crippen LogP contribution in [0.1, 0.15) is 11.1 Å². The third-order valence-electron chi connectivity index (χ3n) is 4.53. The summed E-state index contributed by atoms with van der Waals surface area (Å²) in [5, 5.41) is 7.06. The number of nitrogens with zero attached hydrogens (tertiary/aromatic N) is 2. The summed E-state index contributed by atoms with van der Waals surface area (Å²) >= 11 is 0. The molecule has 0 unspecified atom stereocenters. The highest BCUT2D eigenvalue weighted by Crippen LogP contribution is 2.37. The van der Waals surface area contributed by atoms with E-state index < -0.39 is 41.3 Å². The minimum Gasteiger partial charge on any atom is -0.340 e. The van der Waals surface area contributed by atoms with E-state index in [1.54, 1.807) is 30.3 Å². The summed E-state index contributed by atoms with van der Waals surface area (Å²) < 4.78 is 82.9. The fourth-order valence-corrected chi connectivity index (χ4v) is 3.16. The molecular formula is C21H13F6N3. The van der Waals surface area contributed by atoms with Crippen molar-refractivity contribution in [2.45, 2.75) is 12.7 Å². The molecule has 0 aliphatic heterocycles. The third kappa shape index (κ3) is 3.70. The maximum absolute atomic E-state index is 14.2. The number of nitrogens with one attached hydrogen (secondary N) is 1. The van der Waals surface area contributed by atoms with Gasteiger partial charge < -0.3 is 5.32 Å². The van der Waals surface area contributed by atoms with Crippen LogP contribution in [0.2, 0.25) is 0 Å². The van der Waals surface area contributed by atoms with Crippen molar-refractivity contribution >= 4 is 22.4 Å². The molecule has 4 rings (SSSR count). The van der Waals surface area contributed by atoms with Gasteiger partial charge in [-0.1, -0.05) is 24.3 Å². The van der Waals surface area contributed by atoms with E-state index in [0.717, 1.165) is 10.7 Å². The molecule has 30 heavy (non-hydrogen) atoms. The van der Waals surface area contributed by atoms with Gasteiger partial charge in [0.25, 0.3) is 0 Å². The van der Waals surface area contributed by atoms with Crippen molar-refractivity contribution in [1.82, 2.24) is 9.78 Å². The number of para-hydroxylation sites is 1. The van der Waals surface area contributed by atoms with Gasteiger partial charge >= 0.3 is 6.18 Å². The van der Waals surface area contributed by atoms with Crippen molar-refractivity contribution < 1.29 is 26.3 Å². The molecule has 3 nitrogen and oxygen atoms in total. The average Bonchev–Trinajstić information content (AvgIpc) is 3.02. The Morgan fingerprint density at radius 2 is 1.53 bits per heavy atom. The van der Waals surface area contributed by atoms with E-state index >= 15 is 0 Å². The highest BCUT2D eigenvalue weighted by molar-refractivity contribution is 5.94. The Morgan fingerprint density at radius 1 is 0.867 bits per heavy atom. The van der Waals surface area contributed by atoms with Crippen molar-refractivity contribution in [3.8, 4) is 0 Å². The zero-order chi connectivity index (χ0) is 21.5. The Balaban J connectivity index is 1.90. The van der Waals surface area contributed by atoms with E-state index in [0.29, 0.717) is 17.8 Å². The number of hydrogen-bond acceptors (Lipinski definition) is 2. The smallest absolute Gasteiger partial charge is 0.340 e. The molecule has 0 radical (unpaired) electrons. The van der Waals surface area contributed by atoms with Gasteiger partial charge in [0, 0.05) is 28.8 Å². The largest absolute Gasteiger partial charge is 0.418 e. The lowest BCUT2D eigenvalue weighted by Crippen LogP contribution is -2.10. The van der Waals surface area contributed by atoms with Crippen molar-refractivity contribution in [2.75, 3.05) is 5.32 Å². The minimum atomic E-state index is -4.67. The van der Waals surface area contributed by atoms with E-state index in [1.165, 1.54) is 12.1 Å². The average molecular weight is 421 g/mol. The molecule has 154 valence electrons. The second-order valence-electron chi connectivity index (χ2n) is 6.54. The van der Waals surface area contributed by atoms with Crippen LogP contribution in [0.25, 0.3) is 10.9 Å². The Hall–Kier alpha value is -3.49. The second-order valence-corrected chi connectivity index (χ2v) is 6.54. The highest BCUT2D eigenvalue weighted by Gasteiger charge is 2.34. The van der Waals surface area contributed by atoms with Crippen LogP contribution in [0.3, 0.4) is 0 Å². The number of aromatic nitrogens is 2. The standard InChI is InChI=1S/C21H13F6N3/c22-12-9-17(23)15(18(24)10-12)11-30-20(28-13-5-2-1-3-6-13)14-7-4-8-16(19(14)29-30)21(25,26)27/h1-10,28H,11H2. The molecule has 0 saturated carbocycles. The normalized spacial score (nSPS) is 11.8. The zero-order valence-corrected chi connectivity index (χ0v) is 15.1. The first-order valence-electron chi connectivity index (χ1n) is 8.76. The SMILES string of the molecule is Fc1cc(F)c(Cn2nc3c(C(F)(F)F)cccc3c2Nc2ccccc2)c(F)c1. The molecule has 1 aromatic heterocycles. The van der Waals surface area contributed by atoms with Gasteiger partial charge in [0.2, 0.25) is 0 Å². The summed E-state index contributed by atoms with van der Waals surface area (Å²) in [4.78, 5) is 0. The van der Waals surface area contributed by atoms with Gasteiger partial charge in [-0.25, -0.2) is 17.9 Å². The molecule has 1 N–H and O–H groups in total. The minimum absolute atomic E-state index is 0.116. The maximum atomic E-state index is 14.2. The zero-order valence-electron chi connectivity index (χ0n) is 15.1. The molecule has 4 aromatic rings. The number of benzene rings is 3. The fraction of sp³-hybridized carbons (Fsp3) is 0.0952. The summed E-state index contributed by atoms with van der Waals surface area (Å²) in [5.41, 5.74) is -1.33. The highest BCUT2D eigenvalue weighted by atomic mass is 19.4. The van der Waals surface area contributed by atoms with Gasteiger partial charge in [0.05, 0.1) is 12.1 Å². The Morgan fingerprint density at radius 3 is 2.17 bits per heavy atom. The summed E-state index contributed by atoms with van der Waals surface area (Å²) in [6.45, 7) is -0.543. The van der Waals surface area contributed by atoms with Crippen LogP contribution >= 0.6 is 0 Å². The van der Waals surface area contributed by atoms with Crippen molar-refractivity contribution in [3.05, 3.63) is 89.2 Å². The van der Waals surface area contributed by atoms with Gasteiger partial charge in [0.15, 0.2) is 0 Å². The lowest BCUT2D eigenvalue weighted by Gasteiger charge is -2.12. The molecule has 0 spiro atoms. The predicted octanol–water partition coefficient (Wildman–Crippen LogP) is 6.26. The first-order valence-corrected chi connectivity index (χ1v) is 8.76. The van der Waals surface area contributed by atoms with Crippen LogP contribution in [0, 0.1) is 17.5 Å². The first-order chi connectivity index (χ1) is 14.2. The molecule has 0 aliphatic rings.